The van der Waals surface area contributed by atoms with Crippen molar-refractivity contribution >= 4 is 52.0 Å². The Labute approximate surface area is 197 Å². The molecule has 2 rings (SSSR count). The van der Waals surface area contributed by atoms with Gasteiger partial charge in [0.1, 0.15) is 17.5 Å². The van der Waals surface area contributed by atoms with E-state index < -0.39 is 29.4 Å². The highest BCUT2D eigenvalue weighted by Crippen LogP contribution is 2.29. The molecule has 0 aliphatic carbocycles. The molecule has 0 aliphatic rings. The zero-order valence-corrected chi connectivity index (χ0v) is 21.3. The highest BCUT2D eigenvalue weighted by Gasteiger charge is 2.28. The number of aromatic nitrogens is 1. The lowest BCUT2D eigenvalue weighted by atomic mass is 10.0. The second kappa shape index (κ2) is 9.58. The molecule has 1 aromatic heterocycles. The highest BCUT2D eigenvalue weighted by atomic mass is 127. The zero-order chi connectivity index (χ0) is 23.6. The SMILES string of the molecule is CN(C(=O)OC(C)(C)C)[C@@H](CC=O)Cc1cn(C(=O)OC(C)(C)C)c2cccc(I)c12. The minimum absolute atomic E-state index is 0.151. The molecule has 7 nitrogen and oxygen atoms in total. The van der Waals surface area contributed by atoms with Crippen molar-refractivity contribution in [3.63, 3.8) is 0 Å². The van der Waals surface area contributed by atoms with Crippen LogP contribution in [0, 0.1) is 3.57 Å². The quantitative estimate of drug-likeness (QED) is 0.374. The third-order valence-electron chi connectivity index (χ3n) is 4.50. The van der Waals surface area contributed by atoms with Crippen molar-refractivity contribution in [1.29, 1.82) is 0 Å². The van der Waals surface area contributed by atoms with E-state index in [-0.39, 0.29) is 6.42 Å². The van der Waals surface area contributed by atoms with Crippen molar-refractivity contribution in [3.05, 3.63) is 33.5 Å². The molecule has 0 saturated carbocycles. The van der Waals surface area contributed by atoms with Gasteiger partial charge in [-0.2, -0.15) is 0 Å². The number of aldehydes is 1. The summed E-state index contributed by atoms with van der Waals surface area (Å²) < 4.78 is 13.5. The second-order valence-electron chi connectivity index (χ2n) is 9.49. The van der Waals surface area contributed by atoms with Crippen LogP contribution in [0.1, 0.15) is 53.5 Å². The second-order valence-corrected chi connectivity index (χ2v) is 10.7. The molecule has 1 aromatic carbocycles. The fourth-order valence-electron chi connectivity index (χ4n) is 3.16. The van der Waals surface area contributed by atoms with E-state index in [2.05, 4.69) is 22.6 Å². The summed E-state index contributed by atoms with van der Waals surface area (Å²) in [6.07, 6.45) is 2.10. The Morgan fingerprint density at radius 3 is 2.29 bits per heavy atom. The molecule has 0 bridgehead atoms. The first-order valence-corrected chi connectivity index (χ1v) is 11.2. The van der Waals surface area contributed by atoms with E-state index in [1.165, 1.54) is 9.47 Å². The summed E-state index contributed by atoms with van der Waals surface area (Å²) in [5.41, 5.74) is 0.306. The van der Waals surface area contributed by atoms with Crippen molar-refractivity contribution in [3.8, 4) is 0 Å². The van der Waals surface area contributed by atoms with Gasteiger partial charge >= 0.3 is 12.2 Å². The Kier molecular flexibility index (Phi) is 7.78. The van der Waals surface area contributed by atoms with Gasteiger partial charge in [0.25, 0.3) is 0 Å². The molecule has 170 valence electrons. The van der Waals surface area contributed by atoms with Gasteiger partial charge in [0.15, 0.2) is 0 Å². The number of likely N-dealkylation sites (N-methyl/N-ethyl adjacent to an activating group) is 1. The van der Waals surface area contributed by atoms with Crippen LogP contribution in [-0.2, 0) is 20.7 Å². The topological polar surface area (TPSA) is 77.8 Å². The first-order valence-electron chi connectivity index (χ1n) is 10.1. The molecule has 31 heavy (non-hydrogen) atoms. The van der Waals surface area contributed by atoms with Crippen molar-refractivity contribution in [2.24, 2.45) is 0 Å². The van der Waals surface area contributed by atoms with Gasteiger partial charge in [-0.3, -0.25) is 4.57 Å². The van der Waals surface area contributed by atoms with E-state index in [4.69, 9.17) is 9.47 Å². The maximum atomic E-state index is 12.8. The minimum atomic E-state index is -0.640. The number of amides is 1. The first-order chi connectivity index (χ1) is 14.2. The molecule has 0 spiro atoms. The first kappa shape index (κ1) is 25.2. The van der Waals surface area contributed by atoms with Crippen LogP contribution in [0.4, 0.5) is 9.59 Å². The predicted molar refractivity (Wildman–Crippen MR) is 128 cm³/mol. The number of halogens is 1. The molecule has 1 atom stereocenters. The Morgan fingerprint density at radius 2 is 1.74 bits per heavy atom. The van der Waals surface area contributed by atoms with Gasteiger partial charge in [0, 0.05) is 34.7 Å². The van der Waals surface area contributed by atoms with Gasteiger partial charge in [-0.15, -0.1) is 0 Å². The van der Waals surface area contributed by atoms with Gasteiger partial charge in [-0.1, -0.05) is 6.07 Å². The van der Waals surface area contributed by atoms with Crippen LogP contribution in [0.5, 0.6) is 0 Å². The number of rotatable bonds is 5. The largest absolute Gasteiger partial charge is 0.444 e. The average molecular weight is 542 g/mol. The molecule has 0 aliphatic heterocycles. The number of benzene rings is 1. The van der Waals surface area contributed by atoms with Gasteiger partial charge in [0.2, 0.25) is 0 Å². The summed E-state index contributed by atoms with van der Waals surface area (Å²) in [5, 5.41) is 0.905. The van der Waals surface area contributed by atoms with Crippen molar-refractivity contribution in [2.45, 2.75) is 71.6 Å². The molecule has 1 heterocycles. The van der Waals surface area contributed by atoms with Crippen molar-refractivity contribution in [2.75, 3.05) is 7.05 Å². The molecule has 0 radical (unpaired) electrons. The normalized spacial score (nSPS) is 13.0. The van der Waals surface area contributed by atoms with Crippen LogP contribution in [0.2, 0.25) is 0 Å². The lowest BCUT2D eigenvalue weighted by Crippen LogP contribution is -2.42. The third kappa shape index (κ3) is 6.69. The number of hydrogen-bond acceptors (Lipinski definition) is 5. The summed E-state index contributed by atoms with van der Waals surface area (Å²) in [7, 11) is 1.63. The number of ether oxygens (including phenoxy) is 2. The summed E-state index contributed by atoms with van der Waals surface area (Å²) >= 11 is 2.23. The van der Waals surface area contributed by atoms with Crippen LogP contribution >= 0.6 is 22.6 Å². The lowest BCUT2D eigenvalue weighted by molar-refractivity contribution is -0.108. The van der Waals surface area contributed by atoms with Crippen molar-refractivity contribution in [1.82, 2.24) is 9.47 Å². The summed E-state index contributed by atoms with van der Waals surface area (Å²) in [6.45, 7) is 10.8. The Bertz CT molecular complexity index is 969. The molecular formula is C23H31IN2O5. The fourth-order valence-corrected chi connectivity index (χ4v) is 3.99. The average Bonchev–Trinajstić information content (AvgIpc) is 2.98. The van der Waals surface area contributed by atoms with Crippen LogP contribution in [0.25, 0.3) is 10.9 Å². The maximum Gasteiger partial charge on any atom is 0.419 e. The van der Waals surface area contributed by atoms with Crippen LogP contribution < -0.4 is 0 Å². The number of hydrogen-bond donors (Lipinski definition) is 0. The number of carbonyl (C=O) groups excluding carboxylic acids is 3. The van der Waals surface area contributed by atoms with E-state index in [0.29, 0.717) is 6.42 Å². The van der Waals surface area contributed by atoms with Gasteiger partial charge in [-0.25, -0.2) is 9.59 Å². The molecule has 0 saturated heterocycles. The summed E-state index contributed by atoms with van der Waals surface area (Å²) in [6, 6.07) is 5.28. The molecule has 0 fully saturated rings. The van der Waals surface area contributed by atoms with Crippen LogP contribution in [-0.4, -0.2) is 52.2 Å². The molecule has 0 N–H and O–H groups in total. The van der Waals surface area contributed by atoms with E-state index in [1.807, 2.05) is 39.0 Å². The van der Waals surface area contributed by atoms with Crippen molar-refractivity contribution < 1.29 is 23.9 Å². The van der Waals surface area contributed by atoms with Crippen LogP contribution in [0.15, 0.2) is 24.4 Å². The third-order valence-corrected chi connectivity index (χ3v) is 5.40. The zero-order valence-electron chi connectivity index (χ0n) is 19.2. The Hall–Kier alpha value is -2.10. The number of carbonyl (C=O) groups is 3. The minimum Gasteiger partial charge on any atom is -0.444 e. The van der Waals surface area contributed by atoms with E-state index in [1.54, 1.807) is 34.0 Å². The van der Waals surface area contributed by atoms with E-state index >= 15 is 0 Å². The highest BCUT2D eigenvalue weighted by molar-refractivity contribution is 14.1. The standard InChI is InChI=1S/C23H31IN2O5/c1-22(2,3)30-20(28)25(7)16(11-12-27)13-15-14-26(21(29)31-23(4,5)6)18-10-8-9-17(24)19(15)18/h8-10,12,14,16H,11,13H2,1-7H3/t16-/m0/s1. The van der Waals surface area contributed by atoms with Gasteiger partial charge in [-0.05, 0) is 88.3 Å². The maximum absolute atomic E-state index is 12.8. The predicted octanol–water partition coefficient (Wildman–Crippen LogP) is 5.40. The number of nitrogens with zero attached hydrogens (tertiary/aromatic N) is 2. The Balaban J connectivity index is 2.45. The number of fused-ring (bicyclic) bond motifs is 1. The van der Waals surface area contributed by atoms with Gasteiger partial charge < -0.3 is 19.2 Å². The summed E-state index contributed by atoms with van der Waals surface area (Å²) in [4.78, 5) is 38.2. The van der Waals surface area contributed by atoms with E-state index in [9.17, 15) is 14.4 Å². The van der Waals surface area contributed by atoms with Crippen LogP contribution in [0.3, 0.4) is 0 Å². The lowest BCUT2D eigenvalue weighted by Gasteiger charge is -2.30. The summed E-state index contributed by atoms with van der Waals surface area (Å²) in [5.74, 6) is 0. The molecule has 8 heteroatoms. The molecule has 1 amide bonds. The fraction of sp³-hybridized carbons (Fsp3) is 0.522. The Morgan fingerprint density at radius 1 is 1.13 bits per heavy atom. The van der Waals surface area contributed by atoms with E-state index in [0.717, 1.165) is 26.3 Å². The monoisotopic (exact) mass is 542 g/mol. The molecule has 2 aromatic rings. The molecular weight excluding hydrogens is 511 g/mol. The molecule has 0 unspecified atom stereocenters. The smallest absolute Gasteiger partial charge is 0.419 e. The van der Waals surface area contributed by atoms with Gasteiger partial charge in [0.05, 0.1) is 5.52 Å².